The molecule has 0 unspecified atom stereocenters. The third kappa shape index (κ3) is 4.81. The van der Waals surface area contributed by atoms with E-state index in [1.165, 1.54) is 0 Å². The van der Waals surface area contributed by atoms with Gasteiger partial charge in [0.1, 0.15) is 0 Å². The van der Waals surface area contributed by atoms with Crippen molar-refractivity contribution in [2.24, 2.45) is 11.1 Å². The average Bonchev–Trinajstić information content (AvgIpc) is 3.33. The Bertz CT molecular complexity index is 881. The highest BCUT2D eigenvalue weighted by Crippen LogP contribution is 2.49. The van der Waals surface area contributed by atoms with Gasteiger partial charge in [-0.1, -0.05) is 54.1 Å². The summed E-state index contributed by atoms with van der Waals surface area (Å²) in [5, 5.41) is 8.65. The molecule has 0 heterocycles. The highest BCUT2D eigenvalue weighted by molar-refractivity contribution is 7.88. The van der Waals surface area contributed by atoms with Crippen LogP contribution in [-0.2, 0) is 27.1 Å². The van der Waals surface area contributed by atoms with Gasteiger partial charge in [0.25, 0.3) is 0 Å². The number of halogens is 1. The van der Waals surface area contributed by atoms with E-state index in [4.69, 9.17) is 16.7 Å². The van der Waals surface area contributed by atoms with Gasteiger partial charge in [-0.2, -0.15) is 0 Å². The summed E-state index contributed by atoms with van der Waals surface area (Å²) in [6, 6.07) is 14.6. The quantitative estimate of drug-likeness (QED) is 0.809. The molecular weight excluding hydrogens is 360 g/mol. The molecule has 1 aliphatic rings. The van der Waals surface area contributed by atoms with Crippen LogP contribution in [0.1, 0.15) is 29.0 Å². The maximum absolute atomic E-state index is 12.3. The molecule has 0 spiro atoms. The number of carbonyl (C=O) groups is 1. The number of hydrogen-bond acceptors (Lipinski definition) is 3. The number of nitrogens with one attached hydrogen (secondary N) is 1. The predicted molar refractivity (Wildman–Crippen MR) is 97.4 cm³/mol. The first-order chi connectivity index (χ1) is 11.8. The number of hydrogen-bond donors (Lipinski definition) is 2. The van der Waals surface area contributed by atoms with Gasteiger partial charge in [-0.15, -0.1) is 0 Å². The Kier molecular flexibility index (Phi) is 5.13. The van der Waals surface area contributed by atoms with Crippen molar-refractivity contribution >= 4 is 27.5 Å². The van der Waals surface area contributed by atoms with Crippen molar-refractivity contribution in [2.45, 2.75) is 24.6 Å². The Hall–Kier alpha value is -1.89. The summed E-state index contributed by atoms with van der Waals surface area (Å²) in [6.07, 6.45) is 0.808. The zero-order valence-electron chi connectivity index (χ0n) is 13.5. The first kappa shape index (κ1) is 17.9. The van der Waals surface area contributed by atoms with E-state index in [2.05, 4.69) is 5.32 Å². The molecule has 7 heteroatoms. The molecule has 1 aliphatic carbocycles. The van der Waals surface area contributed by atoms with Crippen molar-refractivity contribution in [1.82, 2.24) is 5.32 Å². The van der Waals surface area contributed by atoms with Crippen LogP contribution in [0.5, 0.6) is 0 Å². The summed E-state index contributed by atoms with van der Waals surface area (Å²) in [6.45, 7) is 0.403. The van der Waals surface area contributed by atoms with E-state index in [1.54, 1.807) is 24.3 Å². The molecule has 5 nitrogen and oxygen atoms in total. The van der Waals surface area contributed by atoms with Crippen molar-refractivity contribution in [2.75, 3.05) is 0 Å². The van der Waals surface area contributed by atoms with E-state index in [9.17, 15) is 13.2 Å². The maximum Gasteiger partial charge on any atom is 0.224 e. The Morgan fingerprint density at radius 1 is 1.12 bits per heavy atom. The van der Waals surface area contributed by atoms with Gasteiger partial charge in [0, 0.05) is 17.5 Å². The van der Waals surface area contributed by atoms with Crippen LogP contribution in [0.25, 0.3) is 0 Å². The van der Waals surface area contributed by atoms with Gasteiger partial charge in [0.05, 0.1) is 5.75 Å². The number of rotatable bonds is 6. The molecule has 0 aliphatic heterocycles. The number of nitrogens with two attached hydrogens (primary N) is 1. The molecule has 1 saturated carbocycles. The van der Waals surface area contributed by atoms with E-state index in [0.29, 0.717) is 17.1 Å². The van der Waals surface area contributed by atoms with E-state index < -0.39 is 10.0 Å². The molecule has 3 rings (SSSR count). The Morgan fingerprint density at radius 2 is 1.76 bits per heavy atom. The fourth-order valence-corrected chi connectivity index (χ4v) is 3.84. The lowest BCUT2D eigenvalue weighted by atomic mass is 10.1. The van der Waals surface area contributed by atoms with Gasteiger partial charge in [-0.25, -0.2) is 13.6 Å². The number of benzene rings is 2. The second kappa shape index (κ2) is 7.15. The molecule has 0 saturated heterocycles. The van der Waals surface area contributed by atoms with Gasteiger partial charge >= 0.3 is 0 Å². The lowest BCUT2D eigenvalue weighted by molar-refractivity contribution is -0.122. The number of carbonyl (C=O) groups excluding carboxylic acids is 1. The van der Waals surface area contributed by atoms with Crippen molar-refractivity contribution in [3.8, 4) is 0 Å². The fourth-order valence-electron chi connectivity index (χ4n) is 2.91. The van der Waals surface area contributed by atoms with Crippen LogP contribution in [0.15, 0.2) is 48.5 Å². The zero-order chi connectivity index (χ0) is 18.0. The molecule has 1 fully saturated rings. The van der Waals surface area contributed by atoms with E-state index >= 15 is 0 Å². The van der Waals surface area contributed by atoms with Crippen molar-refractivity contribution in [1.29, 1.82) is 0 Å². The normalized spacial score (nSPS) is 19.4. The third-order valence-electron chi connectivity index (χ3n) is 4.29. The van der Waals surface area contributed by atoms with Crippen molar-refractivity contribution < 1.29 is 13.2 Å². The van der Waals surface area contributed by atoms with Crippen LogP contribution in [0.4, 0.5) is 0 Å². The molecule has 3 N–H and O–H groups in total. The Labute approximate surface area is 152 Å². The summed E-state index contributed by atoms with van der Waals surface area (Å²) in [7, 11) is -3.54. The molecule has 132 valence electrons. The molecule has 1 amide bonds. The zero-order valence-corrected chi connectivity index (χ0v) is 15.1. The van der Waals surface area contributed by atoms with Gasteiger partial charge in [-0.3, -0.25) is 4.79 Å². The van der Waals surface area contributed by atoms with Gasteiger partial charge in [-0.05, 0) is 35.1 Å². The highest BCUT2D eigenvalue weighted by Gasteiger charge is 2.44. The van der Waals surface area contributed by atoms with Crippen LogP contribution < -0.4 is 10.5 Å². The molecule has 0 aromatic heterocycles. The van der Waals surface area contributed by atoms with Crippen LogP contribution in [0.2, 0.25) is 5.02 Å². The Morgan fingerprint density at radius 3 is 2.40 bits per heavy atom. The fraction of sp³-hybridized carbons (Fsp3) is 0.278. The van der Waals surface area contributed by atoms with Crippen molar-refractivity contribution in [3.63, 3.8) is 0 Å². The SMILES string of the molecule is NS(=O)(=O)Cc1ccc(CNC(=O)[C@H]2C[C@H]2c2ccccc2Cl)cc1. The minimum Gasteiger partial charge on any atom is -0.352 e. The first-order valence-electron chi connectivity index (χ1n) is 7.94. The van der Waals surface area contributed by atoms with Crippen LogP contribution >= 0.6 is 11.6 Å². The highest BCUT2D eigenvalue weighted by atomic mass is 35.5. The second-order valence-electron chi connectivity index (χ2n) is 6.31. The van der Waals surface area contributed by atoms with Crippen LogP contribution in [-0.4, -0.2) is 14.3 Å². The molecule has 2 atom stereocenters. The summed E-state index contributed by atoms with van der Waals surface area (Å²) < 4.78 is 22.1. The summed E-state index contributed by atoms with van der Waals surface area (Å²) >= 11 is 6.18. The van der Waals surface area contributed by atoms with E-state index in [-0.39, 0.29) is 23.5 Å². The molecule has 2 aromatic carbocycles. The first-order valence-corrected chi connectivity index (χ1v) is 10.0. The summed E-state index contributed by atoms with van der Waals surface area (Å²) in [5.41, 5.74) is 2.55. The maximum atomic E-state index is 12.3. The number of sulfonamides is 1. The number of amides is 1. The molecule has 0 radical (unpaired) electrons. The molecular formula is C18H19ClN2O3S. The van der Waals surface area contributed by atoms with Gasteiger partial charge in [0.15, 0.2) is 0 Å². The third-order valence-corrected chi connectivity index (χ3v) is 5.37. The molecule has 2 aromatic rings. The number of primary sulfonamides is 1. The topological polar surface area (TPSA) is 89.3 Å². The predicted octanol–water partition coefficient (Wildman–Crippen LogP) is 2.55. The average molecular weight is 379 g/mol. The second-order valence-corrected chi connectivity index (χ2v) is 8.33. The molecule has 25 heavy (non-hydrogen) atoms. The summed E-state index contributed by atoms with van der Waals surface area (Å²) in [5.74, 6) is -0.0350. The lowest BCUT2D eigenvalue weighted by Crippen LogP contribution is -2.24. The summed E-state index contributed by atoms with van der Waals surface area (Å²) in [4.78, 5) is 12.3. The van der Waals surface area contributed by atoms with Crippen molar-refractivity contribution in [3.05, 3.63) is 70.2 Å². The van der Waals surface area contributed by atoms with E-state index in [0.717, 1.165) is 17.5 Å². The van der Waals surface area contributed by atoms with E-state index in [1.807, 2.05) is 24.3 Å². The largest absolute Gasteiger partial charge is 0.352 e. The van der Waals surface area contributed by atoms with Crippen LogP contribution in [0, 0.1) is 5.92 Å². The van der Waals surface area contributed by atoms with Gasteiger partial charge in [0.2, 0.25) is 15.9 Å². The monoisotopic (exact) mass is 378 g/mol. The molecule has 0 bridgehead atoms. The standard InChI is InChI=1S/C18H19ClN2O3S/c19-17-4-2-1-3-14(17)15-9-16(15)18(22)21-10-12-5-7-13(8-6-12)11-25(20,23)24/h1-8,15-16H,9-11H2,(H,21,22)(H2,20,23,24)/t15-,16-/m0/s1. The van der Waals surface area contributed by atoms with Gasteiger partial charge < -0.3 is 5.32 Å². The van der Waals surface area contributed by atoms with Crippen LogP contribution in [0.3, 0.4) is 0 Å². The smallest absolute Gasteiger partial charge is 0.224 e. The minimum absolute atomic E-state index is 0.0125. The Balaban J connectivity index is 1.53. The lowest BCUT2D eigenvalue weighted by Gasteiger charge is -2.07. The minimum atomic E-state index is -3.54.